The molecular weight excluding hydrogens is 214 g/mol. The SMILES string of the molecule is Nc1nc(C(F)F)cc(CCl)c1CO. The van der Waals surface area contributed by atoms with E-state index in [-0.39, 0.29) is 18.3 Å². The van der Waals surface area contributed by atoms with Crippen molar-refractivity contribution in [2.45, 2.75) is 18.9 Å². The molecule has 0 aliphatic heterocycles. The predicted octanol–water partition coefficient (Wildman–Crippen LogP) is 1.83. The van der Waals surface area contributed by atoms with Crippen LogP contribution in [0, 0.1) is 0 Å². The zero-order chi connectivity index (χ0) is 10.7. The Hall–Kier alpha value is -0.940. The van der Waals surface area contributed by atoms with Gasteiger partial charge in [0.15, 0.2) is 0 Å². The predicted molar refractivity (Wildman–Crippen MR) is 49.1 cm³/mol. The number of nitrogens with two attached hydrogens (primary N) is 1. The lowest BCUT2D eigenvalue weighted by Crippen LogP contribution is -2.05. The van der Waals surface area contributed by atoms with E-state index in [1.165, 1.54) is 0 Å². The molecule has 0 fully saturated rings. The Balaban J connectivity index is 3.24. The van der Waals surface area contributed by atoms with E-state index in [0.29, 0.717) is 11.1 Å². The van der Waals surface area contributed by atoms with Gasteiger partial charge in [-0.05, 0) is 11.6 Å². The first kappa shape index (κ1) is 11.1. The van der Waals surface area contributed by atoms with Crippen LogP contribution < -0.4 is 5.73 Å². The first-order valence-electron chi connectivity index (χ1n) is 3.83. The van der Waals surface area contributed by atoms with E-state index in [9.17, 15) is 8.78 Å². The monoisotopic (exact) mass is 222 g/mol. The standard InChI is InChI=1S/C8H9ClF2N2O/c9-2-4-1-6(7(10)11)13-8(12)5(4)3-14/h1,7,14H,2-3H2,(H2,12,13). The molecule has 0 amide bonds. The van der Waals surface area contributed by atoms with Gasteiger partial charge in [0.05, 0.1) is 6.61 Å². The number of halogens is 3. The smallest absolute Gasteiger partial charge is 0.280 e. The molecule has 1 heterocycles. The van der Waals surface area contributed by atoms with E-state index in [2.05, 4.69) is 4.98 Å². The van der Waals surface area contributed by atoms with Crippen molar-refractivity contribution < 1.29 is 13.9 Å². The van der Waals surface area contributed by atoms with Crippen molar-refractivity contribution in [1.82, 2.24) is 4.98 Å². The summed E-state index contributed by atoms with van der Waals surface area (Å²) in [5, 5.41) is 8.89. The molecule has 0 aliphatic rings. The number of aliphatic hydroxyl groups is 1. The molecule has 3 N–H and O–H groups in total. The molecule has 0 atom stereocenters. The summed E-state index contributed by atoms with van der Waals surface area (Å²) in [5.41, 5.74) is 5.66. The first-order chi connectivity index (χ1) is 6.60. The van der Waals surface area contributed by atoms with Gasteiger partial charge in [-0.2, -0.15) is 0 Å². The van der Waals surface area contributed by atoms with E-state index in [0.717, 1.165) is 6.07 Å². The van der Waals surface area contributed by atoms with Gasteiger partial charge in [0.2, 0.25) is 0 Å². The lowest BCUT2D eigenvalue weighted by Gasteiger charge is -2.09. The molecule has 3 nitrogen and oxygen atoms in total. The maximum atomic E-state index is 12.3. The zero-order valence-electron chi connectivity index (χ0n) is 7.17. The fourth-order valence-electron chi connectivity index (χ4n) is 1.08. The second-order valence-electron chi connectivity index (χ2n) is 2.66. The van der Waals surface area contributed by atoms with Crippen molar-refractivity contribution in [3.05, 3.63) is 22.9 Å². The Morgan fingerprint density at radius 2 is 2.21 bits per heavy atom. The average Bonchev–Trinajstić information content (AvgIpc) is 2.16. The summed E-state index contributed by atoms with van der Waals surface area (Å²) < 4.78 is 24.6. The molecular formula is C8H9ClF2N2O. The van der Waals surface area contributed by atoms with Crippen molar-refractivity contribution in [2.75, 3.05) is 5.73 Å². The molecule has 1 aromatic heterocycles. The molecule has 78 valence electrons. The highest BCUT2D eigenvalue weighted by Gasteiger charge is 2.14. The minimum absolute atomic E-state index is 0.0162. The van der Waals surface area contributed by atoms with Gasteiger partial charge in [0.1, 0.15) is 11.5 Å². The third-order valence-corrected chi connectivity index (χ3v) is 2.08. The Kier molecular flexibility index (Phi) is 3.60. The van der Waals surface area contributed by atoms with E-state index in [4.69, 9.17) is 22.4 Å². The molecule has 0 saturated carbocycles. The van der Waals surface area contributed by atoms with Crippen molar-refractivity contribution in [3.63, 3.8) is 0 Å². The minimum atomic E-state index is -2.69. The maximum Gasteiger partial charge on any atom is 0.280 e. The summed E-state index contributed by atoms with van der Waals surface area (Å²) in [7, 11) is 0. The third-order valence-electron chi connectivity index (χ3n) is 1.79. The van der Waals surface area contributed by atoms with Gasteiger partial charge in [-0.1, -0.05) is 0 Å². The molecule has 0 aliphatic carbocycles. The van der Waals surface area contributed by atoms with Crippen LogP contribution in [0.5, 0.6) is 0 Å². The highest BCUT2D eigenvalue weighted by molar-refractivity contribution is 6.17. The van der Waals surface area contributed by atoms with Crippen LogP contribution in [0.4, 0.5) is 14.6 Å². The first-order valence-corrected chi connectivity index (χ1v) is 4.36. The van der Waals surface area contributed by atoms with Gasteiger partial charge in [-0.3, -0.25) is 0 Å². The van der Waals surface area contributed by atoms with Gasteiger partial charge in [-0.15, -0.1) is 11.6 Å². The maximum absolute atomic E-state index is 12.3. The molecule has 14 heavy (non-hydrogen) atoms. The highest BCUT2D eigenvalue weighted by atomic mass is 35.5. The van der Waals surface area contributed by atoms with Crippen LogP contribution in [-0.4, -0.2) is 10.1 Å². The van der Waals surface area contributed by atoms with Crippen molar-refractivity contribution >= 4 is 17.4 Å². The molecule has 0 bridgehead atoms. The minimum Gasteiger partial charge on any atom is -0.392 e. The van der Waals surface area contributed by atoms with Crippen LogP contribution in [0.15, 0.2) is 6.07 Å². The number of nitrogen functional groups attached to an aromatic ring is 1. The Morgan fingerprint density at radius 1 is 1.57 bits per heavy atom. The molecule has 0 spiro atoms. The van der Waals surface area contributed by atoms with E-state index in [1.807, 2.05) is 0 Å². The highest BCUT2D eigenvalue weighted by Crippen LogP contribution is 2.24. The lowest BCUT2D eigenvalue weighted by atomic mass is 10.1. The van der Waals surface area contributed by atoms with Gasteiger partial charge in [0.25, 0.3) is 6.43 Å². The third kappa shape index (κ3) is 2.10. The number of aliphatic hydroxyl groups excluding tert-OH is 1. The normalized spacial score (nSPS) is 10.9. The number of rotatable bonds is 3. The van der Waals surface area contributed by atoms with E-state index >= 15 is 0 Å². The average molecular weight is 223 g/mol. The van der Waals surface area contributed by atoms with E-state index < -0.39 is 12.1 Å². The molecule has 0 radical (unpaired) electrons. The Morgan fingerprint density at radius 3 is 2.64 bits per heavy atom. The summed E-state index contributed by atoms with van der Waals surface area (Å²) >= 11 is 5.52. The quantitative estimate of drug-likeness (QED) is 0.768. The molecule has 0 saturated heterocycles. The van der Waals surface area contributed by atoms with Crippen molar-refractivity contribution in [3.8, 4) is 0 Å². The van der Waals surface area contributed by atoms with Gasteiger partial charge < -0.3 is 10.8 Å². The lowest BCUT2D eigenvalue weighted by molar-refractivity contribution is 0.146. The summed E-state index contributed by atoms with van der Waals surface area (Å²) in [6.45, 7) is -0.357. The zero-order valence-corrected chi connectivity index (χ0v) is 7.93. The van der Waals surface area contributed by atoms with Crippen LogP contribution in [0.2, 0.25) is 0 Å². The summed E-state index contributed by atoms with van der Waals surface area (Å²) in [5.74, 6) is -0.0801. The summed E-state index contributed by atoms with van der Waals surface area (Å²) in [6, 6.07) is 1.15. The Bertz CT molecular complexity index is 333. The van der Waals surface area contributed by atoms with Crippen LogP contribution in [-0.2, 0) is 12.5 Å². The largest absolute Gasteiger partial charge is 0.392 e. The summed E-state index contributed by atoms with van der Waals surface area (Å²) in [4.78, 5) is 3.46. The topological polar surface area (TPSA) is 59.1 Å². The molecule has 0 aromatic carbocycles. The number of aromatic nitrogens is 1. The number of nitrogens with zero attached hydrogens (tertiary/aromatic N) is 1. The molecule has 6 heteroatoms. The van der Waals surface area contributed by atoms with E-state index in [1.54, 1.807) is 0 Å². The number of pyridine rings is 1. The fourth-order valence-corrected chi connectivity index (χ4v) is 1.32. The molecule has 1 rings (SSSR count). The van der Waals surface area contributed by atoms with Crippen LogP contribution in [0.25, 0.3) is 0 Å². The number of hydrogen-bond donors (Lipinski definition) is 2. The number of anilines is 1. The number of hydrogen-bond acceptors (Lipinski definition) is 3. The van der Waals surface area contributed by atoms with Gasteiger partial charge >= 0.3 is 0 Å². The van der Waals surface area contributed by atoms with Crippen LogP contribution in [0.3, 0.4) is 0 Å². The molecule has 1 aromatic rings. The van der Waals surface area contributed by atoms with Crippen LogP contribution >= 0.6 is 11.6 Å². The fraction of sp³-hybridized carbons (Fsp3) is 0.375. The second-order valence-corrected chi connectivity index (χ2v) is 2.93. The van der Waals surface area contributed by atoms with Crippen molar-refractivity contribution in [2.24, 2.45) is 0 Å². The Labute approximate surface area is 84.5 Å². The van der Waals surface area contributed by atoms with Gasteiger partial charge in [0, 0.05) is 11.4 Å². The number of alkyl halides is 3. The van der Waals surface area contributed by atoms with Crippen LogP contribution in [0.1, 0.15) is 23.2 Å². The van der Waals surface area contributed by atoms with Crippen molar-refractivity contribution in [1.29, 1.82) is 0 Å². The second kappa shape index (κ2) is 4.52. The summed E-state index contributed by atoms with van der Waals surface area (Å²) in [6.07, 6.45) is -2.69. The van der Waals surface area contributed by atoms with Gasteiger partial charge in [-0.25, -0.2) is 13.8 Å². The molecule has 0 unspecified atom stereocenters.